The second-order valence-corrected chi connectivity index (χ2v) is 8.09. The third-order valence-electron chi connectivity index (χ3n) is 4.57. The van der Waals surface area contributed by atoms with Crippen LogP contribution >= 0.6 is 0 Å². The molecule has 0 aliphatic carbocycles. The summed E-state index contributed by atoms with van der Waals surface area (Å²) in [4.78, 5) is 14.5. The second-order valence-electron chi connectivity index (χ2n) is 5.95. The van der Waals surface area contributed by atoms with E-state index in [4.69, 9.17) is 0 Å². The maximum atomic E-state index is 12.7. The molecule has 0 bridgehead atoms. The first kappa shape index (κ1) is 16.7. The molecule has 1 amide bonds. The third kappa shape index (κ3) is 3.08. The summed E-state index contributed by atoms with van der Waals surface area (Å²) in [5.74, 6) is 0.129. The van der Waals surface area contributed by atoms with Gasteiger partial charge in [0.1, 0.15) is 0 Å². The van der Waals surface area contributed by atoms with Gasteiger partial charge in [0, 0.05) is 40.3 Å². The predicted molar refractivity (Wildman–Crippen MR) is 81.0 cm³/mol. The van der Waals surface area contributed by atoms with Crippen LogP contribution in [-0.4, -0.2) is 80.2 Å². The Morgan fingerprint density at radius 1 is 1.24 bits per heavy atom. The Kier molecular flexibility index (Phi) is 4.92. The molecule has 2 aliphatic rings. The monoisotopic (exact) mass is 318 g/mol. The van der Waals surface area contributed by atoms with Gasteiger partial charge in [-0.2, -0.15) is 17.0 Å². The van der Waals surface area contributed by atoms with Crippen molar-refractivity contribution in [3.05, 3.63) is 0 Å². The molecule has 0 radical (unpaired) electrons. The number of hydrogen-bond acceptors (Lipinski definition) is 4. The van der Waals surface area contributed by atoms with E-state index in [-0.39, 0.29) is 5.91 Å². The summed E-state index contributed by atoms with van der Waals surface area (Å²) < 4.78 is 26.8. The lowest BCUT2D eigenvalue weighted by atomic mass is 9.92. The fourth-order valence-corrected chi connectivity index (χ4v) is 4.18. The van der Waals surface area contributed by atoms with Crippen molar-refractivity contribution in [1.29, 1.82) is 0 Å². The topological polar surface area (TPSA) is 73.0 Å². The van der Waals surface area contributed by atoms with Crippen molar-refractivity contribution in [3.63, 3.8) is 0 Å². The molecule has 2 rings (SSSR count). The molecule has 7 nitrogen and oxygen atoms in total. The first-order valence-corrected chi connectivity index (χ1v) is 8.95. The zero-order chi connectivity index (χ0) is 15.7. The molecule has 2 saturated heterocycles. The molecule has 2 fully saturated rings. The smallest absolute Gasteiger partial charge is 0.281 e. The highest BCUT2D eigenvalue weighted by molar-refractivity contribution is 7.86. The van der Waals surface area contributed by atoms with Crippen molar-refractivity contribution < 1.29 is 13.2 Å². The molecule has 1 atom stereocenters. The average molecular weight is 318 g/mol. The van der Waals surface area contributed by atoms with Crippen LogP contribution in [0.2, 0.25) is 0 Å². The maximum absolute atomic E-state index is 12.7. The Hall–Kier alpha value is -0.700. The Morgan fingerprint density at radius 3 is 2.29 bits per heavy atom. The highest BCUT2D eigenvalue weighted by atomic mass is 32.2. The summed E-state index contributed by atoms with van der Waals surface area (Å²) in [6.07, 6.45) is 2.68. The number of piperazine rings is 1. The first-order valence-electron chi connectivity index (χ1n) is 7.55. The molecular weight excluding hydrogens is 292 g/mol. The number of amides is 1. The number of carbonyl (C=O) groups excluding carboxylic acids is 1. The van der Waals surface area contributed by atoms with Gasteiger partial charge in [-0.3, -0.25) is 4.79 Å². The van der Waals surface area contributed by atoms with Crippen LogP contribution in [0.25, 0.3) is 0 Å². The van der Waals surface area contributed by atoms with Crippen molar-refractivity contribution in [3.8, 4) is 0 Å². The van der Waals surface area contributed by atoms with E-state index in [1.165, 1.54) is 22.7 Å². The second kappa shape index (κ2) is 6.20. The highest BCUT2D eigenvalue weighted by Crippen LogP contribution is 2.26. The molecule has 0 spiro atoms. The van der Waals surface area contributed by atoms with E-state index < -0.39 is 15.7 Å². The number of nitrogens with zero attached hydrogens (tertiary/aromatic N) is 3. The minimum atomic E-state index is -3.38. The van der Waals surface area contributed by atoms with E-state index in [2.05, 4.69) is 5.32 Å². The van der Waals surface area contributed by atoms with E-state index in [1.807, 2.05) is 11.8 Å². The van der Waals surface area contributed by atoms with Gasteiger partial charge in [0.15, 0.2) is 0 Å². The van der Waals surface area contributed by atoms with Crippen LogP contribution in [0, 0.1) is 0 Å². The average Bonchev–Trinajstić information content (AvgIpc) is 2.96. The standard InChI is InChI=1S/C13H26N4O3S/c1-4-13(6-5-7-14-13)12(18)16-8-10-17(11-9-16)21(19,20)15(2)3/h14H,4-11H2,1-3H3. The lowest BCUT2D eigenvalue weighted by molar-refractivity contribution is -0.139. The minimum Gasteiger partial charge on any atom is -0.338 e. The zero-order valence-electron chi connectivity index (χ0n) is 13.1. The number of rotatable bonds is 4. The fraction of sp³-hybridized carbons (Fsp3) is 0.923. The van der Waals surface area contributed by atoms with Gasteiger partial charge in [0.2, 0.25) is 5.91 Å². The van der Waals surface area contributed by atoms with Gasteiger partial charge in [-0.25, -0.2) is 0 Å². The number of hydrogen-bond donors (Lipinski definition) is 1. The van der Waals surface area contributed by atoms with Crippen LogP contribution in [0.4, 0.5) is 0 Å². The van der Waals surface area contributed by atoms with Gasteiger partial charge < -0.3 is 10.2 Å². The lowest BCUT2D eigenvalue weighted by Crippen LogP contribution is -2.60. The van der Waals surface area contributed by atoms with Crippen LogP contribution < -0.4 is 5.32 Å². The van der Waals surface area contributed by atoms with E-state index >= 15 is 0 Å². The van der Waals surface area contributed by atoms with Crippen molar-refractivity contribution in [2.75, 3.05) is 46.8 Å². The molecule has 0 aromatic rings. The van der Waals surface area contributed by atoms with Crippen LogP contribution in [0.5, 0.6) is 0 Å². The molecule has 21 heavy (non-hydrogen) atoms. The highest BCUT2D eigenvalue weighted by Gasteiger charge is 2.43. The normalized spacial score (nSPS) is 28.3. The van der Waals surface area contributed by atoms with Crippen molar-refractivity contribution in [2.45, 2.75) is 31.7 Å². The summed E-state index contributed by atoms with van der Waals surface area (Å²) >= 11 is 0. The van der Waals surface area contributed by atoms with Gasteiger partial charge in [-0.05, 0) is 25.8 Å². The molecule has 0 saturated carbocycles. The van der Waals surface area contributed by atoms with Crippen molar-refractivity contribution >= 4 is 16.1 Å². The Bertz CT molecular complexity index is 478. The van der Waals surface area contributed by atoms with Gasteiger partial charge in [0.25, 0.3) is 10.2 Å². The molecule has 122 valence electrons. The SMILES string of the molecule is CCC1(C(=O)N2CCN(S(=O)(=O)N(C)C)CC2)CCCN1. The number of carbonyl (C=O) groups is 1. The van der Waals surface area contributed by atoms with Crippen LogP contribution in [0.3, 0.4) is 0 Å². The molecule has 2 heterocycles. The van der Waals surface area contributed by atoms with Gasteiger partial charge in [0.05, 0.1) is 5.54 Å². The predicted octanol–water partition coefficient (Wildman–Crippen LogP) is -0.531. The van der Waals surface area contributed by atoms with Gasteiger partial charge in [-0.15, -0.1) is 0 Å². The summed E-state index contributed by atoms with van der Waals surface area (Å²) in [6, 6.07) is 0. The molecule has 2 aliphatic heterocycles. The largest absolute Gasteiger partial charge is 0.338 e. The van der Waals surface area contributed by atoms with Crippen LogP contribution in [-0.2, 0) is 15.0 Å². The summed E-state index contributed by atoms with van der Waals surface area (Å²) in [7, 11) is -0.318. The van der Waals surface area contributed by atoms with E-state index in [9.17, 15) is 13.2 Å². The molecule has 0 aromatic carbocycles. The molecule has 8 heteroatoms. The molecule has 0 aromatic heterocycles. The van der Waals surface area contributed by atoms with Crippen LogP contribution in [0.1, 0.15) is 26.2 Å². The first-order chi connectivity index (χ1) is 9.83. The quantitative estimate of drug-likeness (QED) is 0.756. The van der Waals surface area contributed by atoms with E-state index in [0.717, 1.165) is 25.8 Å². The van der Waals surface area contributed by atoms with Gasteiger partial charge in [-0.1, -0.05) is 6.92 Å². The Labute approximate surface area is 127 Å². The Balaban J connectivity index is 2.00. The lowest BCUT2D eigenvalue weighted by Gasteiger charge is -2.39. The molecular formula is C13H26N4O3S. The van der Waals surface area contributed by atoms with E-state index in [0.29, 0.717) is 26.2 Å². The Morgan fingerprint density at radius 2 is 1.86 bits per heavy atom. The van der Waals surface area contributed by atoms with Crippen molar-refractivity contribution in [2.24, 2.45) is 0 Å². The summed E-state index contributed by atoms with van der Waals surface area (Å²) in [6.45, 7) is 4.58. The number of nitrogens with one attached hydrogen (secondary N) is 1. The molecule has 1 N–H and O–H groups in total. The molecule has 1 unspecified atom stereocenters. The van der Waals surface area contributed by atoms with Gasteiger partial charge >= 0.3 is 0 Å². The maximum Gasteiger partial charge on any atom is 0.281 e. The van der Waals surface area contributed by atoms with E-state index in [1.54, 1.807) is 0 Å². The summed E-state index contributed by atoms with van der Waals surface area (Å²) in [5.41, 5.74) is -0.428. The zero-order valence-corrected chi connectivity index (χ0v) is 13.9. The van der Waals surface area contributed by atoms with Crippen LogP contribution in [0.15, 0.2) is 0 Å². The summed E-state index contributed by atoms with van der Waals surface area (Å²) in [5, 5.41) is 3.35. The fourth-order valence-electron chi connectivity index (χ4n) is 3.10. The third-order valence-corrected chi connectivity index (χ3v) is 6.51. The minimum absolute atomic E-state index is 0.129. The van der Waals surface area contributed by atoms with Crippen molar-refractivity contribution in [1.82, 2.24) is 18.8 Å².